The van der Waals surface area contributed by atoms with Crippen LogP contribution in [0.2, 0.25) is 0 Å². The molecule has 0 aliphatic rings. The van der Waals surface area contributed by atoms with Gasteiger partial charge in [-0.25, -0.2) is 0 Å². The van der Waals surface area contributed by atoms with Gasteiger partial charge >= 0.3 is 5.97 Å². The van der Waals surface area contributed by atoms with Gasteiger partial charge in [0.15, 0.2) is 0 Å². The molecular formula is C9H16O2. The Balaban J connectivity index is 3.44. The van der Waals surface area contributed by atoms with Crippen LogP contribution >= 0.6 is 0 Å². The Morgan fingerprint density at radius 1 is 1.55 bits per heavy atom. The third-order valence-electron chi connectivity index (χ3n) is 1.53. The van der Waals surface area contributed by atoms with Crippen molar-refractivity contribution in [2.24, 2.45) is 5.92 Å². The van der Waals surface area contributed by atoms with Crippen molar-refractivity contribution < 1.29 is 9.90 Å². The Morgan fingerprint density at radius 3 is 2.64 bits per heavy atom. The second kappa shape index (κ2) is 5.96. The van der Waals surface area contributed by atoms with Crippen LogP contribution in [-0.4, -0.2) is 11.1 Å². The van der Waals surface area contributed by atoms with E-state index in [4.69, 9.17) is 5.11 Å². The van der Waals surface area contributed by atoms with Crippen LogP contribution in [0.25, 0.3) is 0 Å². The van der Waals surface area contributed by atoms with Crippen molar-refractivity contribution >= 4 is 5.97 Å². The molecule has 0 aromatic heterocycles. The molecule has 0 radical (unpaired) electrons. The fourth-order valence-electron chi connectivity index (χ4n) is 0.686. The average Bonchev–Trinajstić information content (AvgIpc) is 1.97. The number of unbranched alkanes of at least 4 members (excludes halogenated alkanes) is 1. The minimum atomic E-state index is -0.717. The number of aliphatic carboxylic acids is 1. The van der Waals surface area contributed by atoms with E-state index in [-0.39, 0.29) is 5.92 Å². The van der Waals surface area contributed by atoms with E-state index in [1.165, 1.54) is 0 Å². The standard InChI is InChI=1S/C9H16O2/c1-3-4-5-6-7-8(2)9(10)11/h5-6,8H,3-4,7H2,1-2H3,(H,10,11). The Kier molecular flexibility index (Phi) is 5.53. The minimum absolute atomic E-state index is 0.247. The average molecular weight is 156 g/mol. The molecule has 1 N–H and O–H groups in total. The molecule has 1 unspecified atom stereocenters. The van der Waals surface area contributed by atoms with Gasteiger partial charge in [0.25, 0.3) is 0 Å². The molecule has 2 nitrogen and oxygen atoms in total. The lowest BCUT2D eigenvalue weighted by atomic mass is 10.1. The molecule has 0 heterocycles. The van der Waals surface area contributed by atoms with Crippen molar-refractivity contribution in [3.8, 4) is 0 Å². The first-order chi connectivity index (χ1) is 5.18. The first-order valence-electron chi connectivity index (χ1n) is 4.06. The molecule has 0 spiro atoms. The van der Waals surface area contributed by atoms with E-state index in [9.17, 15) is 4.79 Å². The smallest absolute Gasteiger partial charge is 0.306 e. The number of allylic oxidation sites excluding steroid dienone is 2. The van der Waals surface area contributed by atoms with Crippen LogP contribution in [0.4, 0.5) is 0 Å². The zero-order valence-corrected chi connectivity index (χ0v) is 7.21. The van der Waals surface area contributed by atoms with Crippen molar-refractivity contribution in [3.05, 3.63) is 12.2 Å². The summed E-state index contributed by atoms with van der Waals surface area (Å²) in [6.45, 7) is 3.82. The summed E-state index contributed by atoms with van der Waals surface area (Å²) in [5.41, 5.74) is 0. The highest BCUT2D eigenvalue weighted by atomic mass is 16.4. The zero-order chi connectivity index (χ0) is 8.69. The third kappa shape index (κ3) is 5.64. The second-order valence-electron chi connectivity index (χ2n) is 2.74. The summed E-state index contributed by atoms with van der Waals surface area (Å²) in [7, 11) is 0. The number of carbonyl (C=O) groups is 1. The van der Waals surface area contributed by atoms with Crippen LogP contribution in [0, 0.1) is 5.92 Å². The molecule has 2 heteroatoms. The van der Waals surface area contributed by atoms with Crippen LogP contribution in [0.15, 0.2) is 12.2 Å². The first kappa shape index (κ1) is 10.2. The van der Waals surface area contributed by atoms with E-state index in [1.54, 1.807) is 6.92 Å². The van der Waals surface area contributed by atoms with Gasteiger partial charge in [-0.3, -0.25) is 4.79 Å². The van der Waals surface area contributed by atoms with Crippen LogP contribution in [-0.2, 0) is 4.79 Å². The number of carboxylic acid groups (broad SMARTS) is 1. The van der Waals surface area contributed by atoms with E-state index in [1.807, 2.05) is 12.2 Å². The maximum Gasteiger partial charge on any atom is 0.306 e. The molecule has 0 bridgehead atoms. The quantitative estimate of drug-likeness (QED) is 0.621. The van der Waals surface area contributed by atoms with E-state index >= 15 is 0 Å². The lowest BCUT2D eigenvalue weighted by molar-refractivity contribution is -0.140. The summed E-state index contributed by atoms with van der Waals surface area (Å²) >= 11 is 0. The summed E-state index contributed by atoms with van der Waals surface area (Å²) in [6.07, 6.45) is 6.81. The number of hydrogen-bond acceptors (Lipinski definition) is 1. The van der Waals surface area contributed by atoms with E-state index < -0.39 is 5.97 Å². The van der Waals surface area contributed by atoms with Gasteiger partial charge in [0.1, 0.15) is 0 Å². The first-order valence-corrected chi connectivity index (χ1v) is 4.06. The predicted octanol–water partition coefficient (Wildman–Crippen LogP) is 2.45. The molecule has 0 fully saturated rings. The second-order valence-corrected chi connectivity index (χ2v) is 2.74. The van der Waals surface area contributed by atoms with Crippen molar-refractivity contribution in [3.63, 3.8) is 0 Å². The SMILES string of the molecule is CCCC=CCC(C)C(=O)O. The van der Waals surface area contributed by atoms with Crippen molar-refractivity contribution in [2.75, 3.05) is 0 Å². The zero-order valence-electron chi connectivity index (χ0n) is 7.21. The predicted molar refractivity (Wildman–Crippen MR) is 45.5 cm³/mol. The summed E-state index contributed by atoms with van der Waals surface area (Å²) in [4.78, 5) is 10.3. The summed E-state index contributed by atoms with van der Waals surface area (Å²) in [5, 5.41) is 8.50. The number of carboxylic acids is 1. The van der Waals surface area contributed by atoms with Crippen molar-refractivity contribution in [2.45, 2.75) is 33.1 Å². The monoisotopic (exact) mass is 156 g/mol. The maximum atomic E-state index is 10.3. The van der Waals surface area contributed by atoms with Gasteiger partial charge < -0.3 is 5.11 Å². The summed E-state index contributed by atoms with van der Waals surface area (Å²) < 4.78 is 0. The molecule has 0 rings (SSSR count). The maximum absolute atomic E-state index is 10.3. The third-order valence-corrected chi connectivity index (χ3v) is 1.53. The highest BCUT2D eigenvalue weighted by Crippen LogP contribution is 2.03. The van der Waals surface area contributed by atoms with E-state index in [0.29, 0.717) is 6.42 Å². The van der Waals surface area contributed by atoms with Crippen LogP contribution in [0.3, 0.4) is 0 Å². The highest BCUT2D eigenvalue weighted by Gasteiger charge is 2.06. The van der Waals surface area contributed by atoms with Gasteiger partial charge in [-0.1, -0.05) is 32.4 Å². The molecule has 0 saturated carbocycles. The minimum Gasteiger partial charge on any atom is -0.481 e. The fourth-order valence-corrected chi connectivity index (χ4v) is 0.686. The van der Waals surface area contributed by atoms with Gasteiger partial charge in [-0.15, -0.1) is 0 Å². The van der Waals surface area contributed by atoms with Crippen molar-refractivity contribution in [1.82, 2.24) is 0 Å². The Bertz CT molecular complexity index is 138. The highest BCUT2D eigenvalue weighted by molar-refractivity contribution is 5.69. The fraction of sp³-hybridized carbons (Fsp3) is 0.667. The molecule has 0 amide bonds. The van der Waals surface area contributed by atoms with Gasteiger partial charge in [-0.2, -0.15) is 0 Å². The Labute approximate surface area is 67.9 Å². The molecule has 0 aromatic carbocycles. The van der Waals surface area contributed by atoms with Crippen LogP contribution < -0.4 is 0 Å². The van der Waals surface area contributed by atoms with E-state index in [0.717, 1.165) is 12.8 Å². The molecule has 0 saturated heterocycles. The van der Waals surface area contributed by atoms with Crippen molar-refractivity contribution in [1.29, 1.82) is 0 Å². The Morgan fingerprint density at radius 2 is 2.18 bits per heavy atom. The molecule has 0 aliphatic heterocycles. The van der Waals surface area contributed by atoms with Crippen LogP contribution in [0.1, 0.15) is 33.1 Å². The molecule has 11 heavy (non-hydrogen) atoms. The lowest BCUT2D eigenvalue weighted by Crippen LogP contribution is -2.07. The topological polar surface area (TPSA) is 37.3 Å². The number of hydrogen-bond donors (Lipinski definition) is 1. The molecule has 64 valence electrons. The van der Waals surface area contributed by atoms with E-state index in [2.05, 4.69) is 6.92 Å². The largest absolute Gasteiger partial charge is 0.481 e. The summed E-state index contributed by atoms with van der Waals surface area (Å²) in [5.74, 6) is -0.964. The number of rotatable bonds is 5. The van der Waals surface area contributed by atoms with Crippen LogP contribution in [0.5, 0.6) is 0 Å². The van der Waals surface area contributed by atoms with Gasteiger partial charge in [-0.05, 0) is 12.8 Å². The lowest BCUT2D eigenvalue weighted by Gasteiger charge is -1.99. The molecule has 1 atom stereocenters. The normalized spacial score (nSPS) is 13.6. The molecule has 0 aromatic rings. The molecular weight excluding hydrogens is 140 g/mol. The van der Waals surface area contributed by atoms with Gasteiger partial charge in [0, 0.05) is 0 Å². The van der Waals surface area contributed by atoms with Gasteiger partial charge in [0.05, 0.1) is 5.92 Å². The molecule has 0 aliphatic carbocycles. The summed E-state index contributed by atoms with van der Waals surface area (Å²) in [6, 6.07) is 0. The Hall–Kier alpha value is -0.790. The van der Waals surface area contributed by atoms with Gasteiger partial charge in [0.2, 0.25) is 0 Å².